The fourth-order valence-electron chi connectivity index (χ4n) is 2.09. The Bertz CT molecular complexity index is 804. The standard InChI is InChI=1S/C19H20BrN3O3/c1-13-3-6-15(7-4-13)22-18(24)9-10-19(25)23-21-12-14-5-8-17(26-2)16(20)11-14/h3-8,11-12H,9-10H2,1-2H3,(H,22,24)(H,23,25). The second-order valence-corrected chi connectivity index (χ2v) is 6.46. The van der Waals surface area contributed by atoms with E-state index in [4.69, 9.17) is 4.74 Å². The summed E-state index contributed by atoms with van der Waals surface area (Å²) in [4.78, 5) is 23.6. The molecule has 26 heavy (non-hydrogen) atoms. The summed E-state index contributed by atoms with van der Waals surface area (Å²) in [6.07, 6.45) is 1.67. The Balaban J connectivity index is 1.75. The molecule has 0 unspecified atom stereocenters. The highest BCUT2D eigenvalue weighted by atomic mass is 79.9. The van der Waals surface area contributed by atoms with Gasteiger partial charge in [0.25, 0.3) is 0 Å². The van der Waals surface area contributed by atoms with Crippen LogP contribution >= 0.6 is 15.9 Å². The molecular formula is C19H20BrN3O3. The number of carbonyl (C=O) groups is 2. The summed E-state index contributed by atoms with van der Waals surface area (Å²) < 4.78 is 5.94. The first-order valence-electron chi connectivity index (χ1n) is 8.00. The monoisotopic (exact) mass is 417 g/mol. The second kappa shape index (κ2) is 9.72. The molecule has 0 fully saturated rings. The Morgan fingerprint density at radius 1 is 1.12 bits per heavy atom. The number of anilines is 1. The van der Waals surface area contributed by atoms with Gasteiger partial charge in [-0.3, -0.25) is 9.59 Å². The molecule has 7 heteroatoms. The maximum absolute atomic E-state index is 11.8. The molecule has 0 atom stereocenters. The molecule has 2 rings (SSSR count). The molecule has 0 spiro atoms. The molecule has 0 saturated carbocycles. The summed E-state index contributed by atoms with van der Waals surface area (Å²) in [6.45, 7) is 1.97. The summed E-state index contributed by atoms with van der Waals surface area (Å²) in [5, 5.41) is 6.64. The molecule has 0 aliphatic carbocycles. The number of carbonyl (C=O) groups excluding carboxylic acids is 2. The number of hydrogen-bond acceptors (Lipinski definition) is 4. The highest BCUT2D eigenvalue weighted by Gasteiger charge is 2.07. The lowest BCUT2D eigenvalue weighted by molar-refractivity contribution is -0.124. The first kappa shape index (κ1) is 19.7. The molecular weight excluding hydrogens is 398 g/mol. The van der Waals surface area contributed by atoms with E-state index >= 15 is 0 Å². The van der Waals surface area contributed by atoms with Gasteiger partial charge in [-0.25, -0.2) is 5.43 Å². The Morgan fingerprint density at radius 2 is 1.81 bits per heavy atom. The number of rotatable bonds is 7. The van der Waals surface area contributed by atoms with Gasteiger partial charge in [0, 0.05) is 18.5 Å². The van der Waals surface area contributed by atoms with Crippen molar-refractivity contribution >= 4 is 39.6 Å². The molecule has 0 saturated heterocycles. The number of ether oxygens (including phenoxy) is 1. The maximum Gasteiger partial charge on any atom is 0.240 e. The van der Waals surface area contributed by atoms with Crippen LogP contribution in [0.4, 0.5) is 5.69 Å². The van der Waals surface area contributed by atoms with Gasteiger partial charge in [0.1, 0.15) is 5.75 Å². The SMILES string of the molecule is COc1ccc(C=NNC(=O)CCC(=O)Nc2ccc(C)cc2)cc1Br. The normalized spacial score (nSPS) is 10.6. The number of aryl methyl sites for hydroxylation is 1. The zero-order chi connectivity index (χ0) is 18.9. The van der Waals surface area contributed by atoms with Crippen molar-refractivity contribution in [3.63, 3.8) is 0 Å². The van der Waals surface area contributed by atoms with E-state index in [1.807, 2.05) is 43.3 Å². The van der Waals surface area contributed by atoms with Gasteiger partial charge in [-0.15, -0.1) is 0 Å². The highest BCUT2D eigenvalue weighted by Crippen LogP contribution is 2.24. The van der Waals surface area contributed by atoms with Crippen LogP contribution < -0.4 is 15.5 Å². The van der Waals surface area contributed by atoms with Crippen molar-refractivity contribution in [2.24, 2.45) is 5.10 Å². The van der Waals surface area contributed by atoms with Crippen molar-refractivity contribution in [2.45, 2.75) is 19.8 Å². The van der Waals surface area contributed by atoms with Crippen LogP contribution in [0.2, 0.25) is 0 Å². The number of benzene rings is 2. The van der Waals surface area contributed by atoms with E-state index < -0.39 is 0 Å². The van der Waals surface area contributed by atoms with Crippen LogP contribution in [-0.4, -0.2) is 25.1 Å². The zero-order valence-corrected chi connectivity index (χ0v) is 16.2. The Morgan fingerprint density at radius 3 is 2.46 bits per heavy atom. The van der Waals surface area contributed by atoms with Crippen molar-refractivity contribution in [3.05, 3.63) is 58.1 Å². The average Bonchev–Trinajstić information content (AvgIpc) is 2.62. The van der Waals surface area contributed by atoms with Crippen molar-refractivity contribution in [2.75, 3.05) is 12.4 Å². The van der Waals surface area contributed by atoms with E-state index in [0.717, 1.165) is 15.6 Å². The van der Waals surface area contributed by atoms with Crippen molar-refractivity contribution < 1.29 is 14.3 Å². The van der Waals surface area contributed by atoms with E-state index in [1.54, 1.807) is 13.2 Å². The largest absolute Gasteiger partial charge is 0.496 e. The molecule has 2 N–H and O–H groups in total. The van der Waals surface area contributed by atoms with Crippen molar-refractivity contribution in [3.8, 4) is 5.75 Å². The lowest BCUT2D eigenvalue weighted by Gasteiger charge is -2.05. The van der Waals surface area contributed by atoms with Gasteiger partial charge in [0.05, 0.1) is 17.8 Å². The summed E-state index contributed by atoms with van der Waals surface area (Å²) in [5.74, 6) is 0.172. The summed E-state index contributed by atoms with van der Waals surface area (Å²) in [6, 6.07) is 12.9. The second-order valence-electron chi connectivity index (χ2n) is 5.60. The molecule has 2 amide bonds. The summed E-state index contributed by atoms with van der Waals surface area (Å²) >= 11 is 3.38. The van der Waals surface area contributed by atoms with Gasteiger partial charge in [0.15, 0.2) is 0 Å². The number of nitrogens with zero attached hydrogens (tertiary/aromatic N) is 1. The van der Waals surface area contributed by atoms with Gasteiger partial charge in [-0.2, -0.15) is 5.10 Å². The molecule has 0 bridgehead atoms. The van der Waals surface area contributed by atoms with E-state index in [9.17, 15) is 9.59 Å². The van der Waals surface area contributed by atoms with Gasteiger partial charge in [0.2, 0.25) is 11.8 Å². The number of halogens is 1. The fraction of sp³-hybridized carbons (Fsp3) is 0.211. The predicted molar refractivity (Wildman–Crippen MR) is 105 cm³/mol. The van der Waals surface area contributed by atoms with E-state index in [-0.39, 0.29) is 24.7 Å². The van der Waals surface area contributed by atoms with E-state index in [2.05, 4.69) is 31.8 Å². The lowest BCUT2D eigenvalue weighted by atomic mass is 10.2. The molecule has 0 radical (unpaired) electrons. The first-order chi connectivity index (χ1) is 12.5. The maximum atomic E-state index is 11.8. The van der Waals surface area contributed by atoms with E-state index in [0.29, 0.717) is 11.4 Å². The van der Waals surface area contributed by atoms with Crippen LogP contribution in [0.1, 0.15) is 24.0 Å². The number of hydrazone groups is 1. The molecule has 6 nitrogen and oxygen atoms in total. The quantitative estimate of drug-likeness (QED) is 0.532. The van der Waals surface area contributed by atoms with Crippen LogP contribution in [0.5, 0.6) is 5.75 Å². The third-order valence-electron chi connectivity index (χ3n) is 3.49. The van der Waals surface area contributed by atoms with Crippen LogP contribution in [-0.2, 0) is 9.59 Å². The topological polar surface area (TPSA) is 79.8 Å². The molecule has 0 aliphatic heterocycles. The van der Waals surface area contributed by atoms with Crippen LogP contribution in [0, 0.1) is 6.92 Å². The van der Waals surface area contributed by atoms with Crippen LogP contribution in [0.15, 0.2) is 52.0 Å². The van der Waals surface area contributed by atoms with E-state index in [1.165, 1.54) is 6.21 Å². The van der Waals surface area contributed by atoms with Crippen molar-refractivity contribution in [1.29, 1.82) is 0 Å². The minimum absolute atomic E-state index is 0.0569. The Kier molecular flexibility index (Phi) is 7.35. The summed E-state index contributed by atoms with van der Waals surface area (Å²) in [7, 11) is 1.59. The van der Waals surface area contributed by atoms with Crippen LogP contribution in [0.3, 0.4) is 0 Å². The van der Waals surface area contributed by atoms with Gasteiger partial charge >= 0.3 is 0 Å². The first-order valence-corrected chi connectivity index (χ1v) is 8.79. The zero-order valence-electron chi connectivity index (χ0n) is 14.6. The van der Waals surface area contributed by atoms with Crippen molar-refractivity contribution in [1.82, 2.24) is 5.43 Å². The number of hydrogen-bond donors (Lipinski definition) is 2. The fourth-order valence-corrected chi connectivity index (χ4v) is 2.64. The number of amides is 2. The van der Waals surface area contributed by atoms with Gasteiger partial charge in [-0.1, -0.05) is 17.7 Å². The Hall–Kier alpha value is -2.67. The Labute approximate surface area is 160 Å². The minimum atomic E-state index is -0.326. The molecule has 0 aromatic heterocycles. The van der Waals surface area contributed by atoms with Crippen LogP contribution in [0.25, 0.3) is 0 Å². The minimum Gasteiger partial charge on any atom is -0.496 e. The third kappa shape index (κ3) is 6.33. The number of nitrogens with one attached hydrogen (secondary N) is 2. The smallest absolute Gasteiger partial charge is 0.240 e. The van der Waals surface area contributed by atoms with Gasteiger partial charge < -0.3 is 10.1 Å². The predicted octanol–water partition coefficient (Wildman–Crippen LogP) is 3.64. The molecule has 136 valence electrons. The lowest BCUT2D eigenvalue weighted by Crippen LogP contribution is -2.20. The summed E-state index contributed by atoms with van der Waals surface area (Å²) in [5.41, 5.74) is 5.04. The third-order valence-corrected chi connectivity index (χ3v) is 4.11. The highest BCUT2D eigenvalue weighted by molar-refractivity contribution is 9.10. The average molecular weight is 418 g/mol. The number of methoxy groups -OCH3 is 1. The molecule has 2 aromatic rings. The molecule has 2 aromatic carbocycles. The molecule has 0 heterocycles. The van der Waals surface area contributed by atoms with Gasteiger partial charge in [-0.05, 0) is 58.7 Å². The molecule has 0 aliphatic rings.